The molecular weight excluding hydrogens is 276 g/mol. The number of nitro groups is 1. The van der Waals surface area contributed by atoms with Gasteiger partial charge in [0.2, 0.25) is 11.5 Å². The smallest absolute Gasteiger partial charge is 0.311 e. The quantitative estimate of drug-likeness (QED) is 0.667. The average Bonchev–Trinajstić information content (AvgIpc) is 2.48. The first-order valence-corrected chi connectivity index (χ1v) is 6.06. The molecule has 0 aliphatic heterocycles. The van der Waals surface area contributed by atoms with Gasteiger partial charge in [-0.25, -0.2) is 4.98 Å². The summed E-state index contributed by atoms with van der Waals surface area (Å²) in [6, 6.07) is 4.67. The van der Waals surface area contributed by atoms with Gasteiger partial charge in [-0.15, -0.1) is 0 Å². The summed E-state index contributed by atoms with van der Waals surface area (Å²) in [7, 11) is 3.11. The van der Waals surface area contributed by atoms with E-state index in [1.54, 1.807) is 20.0 Å². The van der Waals surface area contributed by atoms with E-state index < -0.39 is 4.92 Å². The highest BCUT2D eigenvalue weighted by Crippen LogP contribution is 2.37. The summed E-state index contributed by atoms with van der Waals surface area (Å²) >= 11 is 0. The second kappa shape index (κ2) is 6.04. The van der Waals surface area contributed by atoms with Crippen LogP contribution in [0.4, 0.5) is 11.5 Å². The van der Waals surface area contributed by atoms with Gasteiger partial charge in [0.1, 0.15) is 6.33 Å². The van der Waals surface area contributed by atoms with Crippen LogP contribution in [0.15, 0.2) is 24.5 Å². The Balaban J connectivity index is 2.46. The number of anilines is 1. The van der Waals surface area contributed by atoms with Crippen LogP contribution in [-0.4, -0.2) is 29.0 Å². The zero-order valence-corrected chi connectivity index (χ0v) is 11.8. The number of rotatable bonds is 5. The number of aryl methyl sites for hydroxylation is 1. The number of nitrogens with one attached hydrogen (secondary N) is 1. The van der Waals surface area contributed by atoms with E-state index in [-0.39, 0.29) is 23.1 Å². The fourth-order valence-electron chi connectivity index (χ4n) is 1.75. The summed E-state index contributed by atoms with van der Waals surface area (Å²) in [5.74, 6) is 0.889. The van der Waals surface area contributed by atoms with E-state index in [1.807, 2.05) is 0 Å². The van der Waals surface area contributed by atoms with Gasteiger partial charge in [0.15, 0.2) is 5.82 Å². The molecule has 0 atom stereocenters. The molecule has 1 heterocycles. The lowest BCUT2D eigenvalue weighted by atomic mass is 10.2. The predicted octanol–water partition coefficient (Wildman–Crippen LogP) is 2.54. The largest absolute Gasteiger partial charge is 0.489 e. The summed E-state index contributed by atoms with van der Waals surface area (Å²) in [5, 5.41) is 13.9. The number of methoxy groups -OCH3 is 1. The van der Waals surface area contributed by atoms with Crippen LogP contribution in [0, 0.1) is 17.0 Å². The van der Waals surface area contributed by atoms with Crippen molar-refractivity contribution in [3.63, 3.8) is 0 Å². The van der Waals surface area contributed by atoms with Gasteiger partial charge in [-0.2, -0.15) is 4.98 Å². The van der Waals surface area contributed by atoms with Gasteiger partial charge >= 0.3 is 5.69 Å². The maximum Gasteiger partial charge on any atom is 0.311 e. The number of nitrogens with zero attached hydrogens (tertiary/aromatic N) is 3. The molecule has 0 saturated carbocycles. The topological polar surface area (TPSA) is 99.4 Å². The van der Waals surface area contributed by atoms with Crippen molar-refractivity contribution in [3.05, 3.63) is 40.2 Å². The third-order valence-electron chi connectivity index (χ3n) is 2.73. The second-order valence-electron chi connectivity index (χ2n) is 4.14. The molecule has 2 rings (SSSR count). The van der Waals surface area contributed by atoms with Crippen LogP contribution in [-0.2, 0) is 0 Å². The highest BCUT2D eigenvalue weighted by atomic mass is 16.6. The molecule has 110 valence electrons. The molecule has 0 aliphatic carbocycles. The van der Waals surface area contributed by atoms with Crippen LogP contribution >= 0.6 is 0 Å². The van der Waals surface area contributed by atoms with Gasteiger partial charge in [-0.1, -0.05) is 6.07 Å². The number of hydrogen-bond donors (Lipinski definition) is 1. The minimum absolute atomic E-state index is 0.0876. The Kier molecular flexibility index (Phi) is 4.17. The molecule has 1 aromatic heterocycles. The molecule has 0 saturated heterocycles. The molecule has 0 amide bonds. The third kappa shape index (κ3) is 2.99. The van der Waals surface area contributed by atoms with Crippen molar-refractivity contribution in [2.75, 3.05) is 19.5 Å². The van der Waals surface area contributed by atoms with Crippen molar-refractivity contribution in [1.29, 1.82) is 0 Å². The summed E-state index contributed by atoms with van der Waals surface area (Å²) < 4.78 is 10.7. The van der Waals surface area contributed by atoms with Crippen LogP contribution in [0.3, 0.4) is 0 Å². The first-order valence-electron chi connectivity index (χ1n) is 6.06. The Hall–Kier alpha value is -2.90. The van der Waals surface area contributed by atoms with Gasteiger partial charge in [-0.3, -0.25) is 10.1 Å². The number of ether oxygens (including phenoxy) is 2. The Morgan fingerprint density at radius 1 is 1.33 bits per heavy atom. The van der Waals surface area contributed by atoms with E-state index in [9.17, 15) is 10.1 Å². The Morgan fingerprint density at radius 3 is 2.71 bits per heavy atom. The van der Waals surface area contributed by atoms with Crippen molar-refractivity contribution in [1.82, 2.24) is 9.97 Å². The van der Waals surface area contributed by atoms with Crippen LogP contribution in [0.2, 0.25) is 0 Å². The highest BCUT2D eigenvalue weighted by molar-refractivity contribution is 5.57. The molecule has 1 N–H and O–H groups in total. The summed E-state index contributed by atoms with van der Waals surface area (Å²) in [6.07, 6.45) is 1.28. The summed E-state index contributed by atoms with van der Waals surface area (Å²) in [5.41, 5.74) is 0.626. The molecule has 0 unspecified atom stereocenters. The highest BCUT2D eigenvalue weighted by Gasteiger charge is 2.20. The van der Waals surface area contributed by atoms with Gasteiger partial charge in [0.05, 0.1) is 12.0 Å². The van der Waals surface area contributed by atoms with Gasteiger partial charge in [-0.05, 0) is 18.6 Å². The van der Waals surface area contributed by atoms with Crippen LogP contribution < -0.4 is 14.8 Å². The first kappa shape index (κ1) is 14.5. The molecule has 1 aromatic carbocycles. The van der Waals surface area contributed by atoms with Gasteiger partial charge in [0, 0.05) is 13.1 Å². The van der Waals surface area contributed by atoms with Crippen LogP contribution in [0.5, 0.6) is 17.4 Å². The van der Waals surface area contributed by atoms with Crippen molar-refractivity contribution >= 4 is 11.5 Å². The average molecular weight is 290 g/mol. The molecule has 8 heteroatoms. The second-order valence-corrected chi connectivity index (χ2v) is 4.14. The molecule has 0 aliphatic rings. The van der Waals surface area contributed by atoms with Crippen molar-refractivity contribution < 1.29 is 14.4 Å². The number of hydrogen-bond acceptors (Lipinski definition) is 7. The predicted molar refractivity (Wildman–Crippen MR) is 76.0 cm³/mol. The number of aromatic nitrogens is 2. The molecular formula is C13H14N4O4. The number of nitro benzene ring substituents is 1. The minimum atomic E-state index is -0.505. The van der Waals surface area contributed by atoms with Crippen LogP contribution in [0.1, 0.15) is 5.56 Å². The summed E-state index contributed by atoms with van der Waals surface area (Å²) in [4.78, 5) is 18.5. The molecule has 0 bridgehead atoms. The van der Waals surface area contributed by atoms with Gasteiger partial charge in [0.25, 0.3) is 5.88 Å². The SMILES string of the molecule is CNc1ncnc(Oc2ccc(C)cc2[N+](=O)[O-])c1OC. The zero-order chi connectivity index (χ0) is 15.4. The lowest BCUT2D eigenvalue weighted by molar-refractivity contribution is -0.385. The molecule has 0 fully saturated rings. The molecule has 0 spiro atoms. The Bertz CT molecular complexity index is 675. The lowest BCUT2D eigenvalue weighted by Gasteiger charge is -2.11. The lowest BCUT2D eigenvalue weighted by Crippen LogP contribution is -2.02. The maximum atomic E-state index is 11.1. The zero-order valence-electron chi connectivity index (χ0n) is 11.8. The normalized spacial score (nSPS) is 10.0. The van der Waals surface area contributed by atoms with Crippen molar-refractivity contribution in [2.45, 2.75) is 6.92 Å². The Labute approximate surface area is 120 Å². The minimum Gasteiger partial charge on any atom is -0.489 e. The fraction of sp³-hybridized carbons (Fsp3) is 0.231. The maximum absolute atomic E-state index is 11.1. The molecule has 0 radical (unpaired) electrons. The van der Waals surface area contributed by atoms with E-state index >= 15 is 0 Å². The molecule has 21 heavy (non-hydrogen) atoms. The number of benzene rings is 1. The molecule has 2 aromatic rings. The third-order valence-corrected chi connectivity index (χ3v) is 2.73. The summed E-state index contributed by atoms with van der Waals surface area (Å²) in [6.45, 7) is 1.77. The van der Waals surface area contributed by atoms with E-state index in [4.69, 9.17) is 9.47 Å². The van der Waals surface area contributed by atoms with Crippen LogP contribution in [0.25, 0.3) is 0 Å². The first-order chi connectivity index (χ1) is 10.1. The van der Waals surface area contributed by atoms with E-state index in [1.165, 1.54) is 25.6 Å². The molecule has 8 nitrogen and oxygen atoms in total. The fourth-order valence-corrected chi connectivity index (χ4v) is 1.75. The van der Waals surface area contributed by atoms with Gasteiger partial charge < -0.3 is 14.8 Å². The Morgan fingerprint density at radius 2 is 2.10 bits per heavy atom. The van der Waals surface area contributed by atoms with E-state index in [0.717, 1.165) is 5.56 Å². The monoisotopic (exact) mass is 290 g/mol. The van der Waals surface area contributed by atoms with Crippen molar-refractivity contribution in [3.8, 4) is 17.4 Å². The van der Waals surface area contributed by atoms with E-state index in [0.29, 0.717) is 5.82 Å². The van der Waals surface area contributed by atoms with E-state index in [2.05, 4.69) is 15.3 Å². The standard InChI is InChI=1S/C13H14N4O4/c1-8-4-5-10(9(6-8)17(18)19)21-13-11(20-3)12(14-2)15-7-16-13/h4-7H,1-3H3,(H,14,15,16). The van der Waals surface area contributed by atoms with Crippen molar-refractivity contribution in [2.24, 2.45) is 0 Å².